The maximum Gasteiger partial charge on any atom is 0.115 e. The van der Waals surface area contributed by atoms with E-state index in [2.05, 4.69) is 31.0 Å². The molecule has 2 N–H and O–H groups in total. The molecule has 2 rings (SSSR count). The van der Waals surface area contributed by atoms with Crippen molar-refractivity contribution in [1.82, 2.24) is 10.2 Å². The lowest BCUT2D eigenvalue weighted by molar-refractivity contribution is 0.0993. The molecule has 3 unspecified atom stereocenters. The SMILES string of the molecule is CCC(C)C1CN(Cc2ccc(O)cc2)C(CC)CN1. The molecule has 0 saturated carbocycles. The van der Waals surface area contributed by atoms with Crippen LogP contribution in [-0.4, -0.2) is 35.2 Å². The van der Waals surface area contributed by atoms with Crippen LogP contribution in [0.1, 0.15) is 39.2 Å². The van der Waals surface area contributed by atoms with Gasteiger partial charge < -0.3 is 10.4 Å². The zero-order chi connectivity index (χ0) is 14.5. The van der Waals surface area contributed by atoms with Crippen molar-refractivity contribution in [2.45, 2.75) is 52.2 Å². The second-order valence-corrected chi connectivity index (χ2v) is 6.06. The van der Waals surface area contributed by atoms with Gasteiger partial charge in [-0.1, -0.05) is 39.3 Å². The molecule has 0 radical (unpaired) electrons. The number of piperazine rings is 1. The van der Waals surface area contributed by atoms with E-state index in [-0.39, 0.29) is 0 Å². The lowest BCUT2D eigenvalue weighted by Gasteiger charge is -2.42. The number of benzene rings is 1. The minimum atomic E-state index is 0.346. The first-order valence-corrected chi connectivity index (χ1v) is 7.89. The van der Waals surface area contributed by atoms with Crippen molar-refractivity contribution in [2.75, 3.05) is 13.1 Å². The molecule has 112 valence electrons. The van der Waals surface area contributed by atoms with E-state index in [0.29, 0.717) is 17.8 Å². The van der Waals surface area contributed by atoms with Crippen LogP contribution in [0.15, 0.2) is 24.3 Å². The predicted molar refractivity (Wildman–Crippen MR) is 83.8 cm³/mol. The largest absolute Gasteiger partial charge is 0.508 e. The van der Waals surface area contributed by atoms with Crippen molar-refractivity contribution >= 4 is 0 Å². The summed E-state index contributed by atoms with van der Waals surface area (Å²) in [6.07, 6.45) is 2.40. The zero-order valence-electron chi connectivity index (χ0n) is 13.0. The summed E-state index contributed by atoms with van der Waals surface area (Å²) in [5, 5.41) is 13.1. The third-order valence-electron chi connectivity index (χ3n) is 4.69. The van der Waals surface area contributed by atoms with Crippen LogP contribution in [0, 0.1) is 5.92 Å². The summed E-state index contributed by atoms with van der Waals surface area (Å²) in [6, 6.07) is 8.84. The summed E-state index contributed by atoms with van der Waals surface area (Å²) >= 11 is 0. The molecule has 1 aliphatic rings. The van der Waals surface area contributed by atoms with Crippen LogP contribution in [0.4, 0.5) is 0 Å². The van der Waals surface area contributed by atoms with Gasteiger partial charge >= 0.3 is 0 Å². The summed E-state index contributed by atoms with van der Waals surface area (Å²) in [7, 11) is 0. The van der Waals surface area contributed by atoms with Crippen LogP contribution in [0.25, 0.3) is 0 Å². The normalized spacial score (nSPS) is 25.6. The standard InChI is InChI=1S/C17H28N2O/c1-4-13(3)17-12-19(15(5-2)10-18-17)11-14-6-8-16(20)9-7-14/h6-9,13,15,17-18,20H,4-5,10-12H2,1-3H3. The average molecular weight is 276 g/mol. The molecule has 0 aromatic heterocycles. The predicted octanol–water partition coefficient (Wildman–Crippen LogP) is 2.99. The van der Waals surface area contributed by atoms with E-state index < -0.39 is 0 Å². The molecule has 0 amide bonds. The smallest absolute Gasteiger partial charge is 0.115 e. The minimum Gasteiger partial charge on any atom is -0.508 e. The number of aromatic hydroxyl groups is 1. The Bertz CT molecular complexity index is 404. The number of hydrogen-bond donors (Lipinski definition) is 2. The van der Waals surface area contributed by atoms with Crippen molar-refractivity contribution in [3.63, 3.8) is 0 Å². The van der Waals surface area contributed by atoms with Gasteiger partial charge in [0.1, 0.15) is 5.75 Å². The number of phenolic OH excluding ortho intramolecular Hbond substituents is 1. The van der Waals surface area contributed by atoms with Gasteiger partial charge in [0.05, 0.1) is 0 Å². The fourth-order valence-corrected chi connectivity index (χ4v) is 2.98. The van der Waals surface area contributed by atoms with Crippen LogP contribution in [0.5, 0.6) is 5.75 Å². The fourth-order valence-electron chi connectivity index (χ4n) is 2.98. The molecule has 0 spiro atoms. The second-order valence-electron chi connectivity index (χ2n) is 6.06. The molecule has 1 heterocycles. The molecule has 1 saturated heterocycles. The Kier molecular flexibility index (Phi) is 5.44. The molecule has 1 aromatic carbocycles. The van der Waals surface area contributed by atoms with Gasteiger partial charge in [-0.3, -0.25) is 4.90 Å². The van der Waals surface area contributed by atoms with Crippen LogP contribution in [-0.2, 0) is 6.54 Å². The van der Waals surface area contributed by atoms with Gasteiger partial charge in [0.2, 0.25) is 0 Å². The van der Waals surface area contributed by atoms with Gasteiger partial charge in [-0.2, -0.15) is 0 Å². The summed E-state index contributed by atoms with van der Waals surface area (Å²) in [4.78, 5) is 2.60. The van der Waals surface area contributed by atoms with Crippen LogP contribution < -0.4 is 5.32 Å². The molecule has 1 aliphatic heterocycles. The third-order valence-corrected chi connectivity index (χ3v) is 4.69. The lowest BCUT2D eigenvalue weighted by atomic mass is 9.94. The first-order valence-electron chi connectivity index (χ1n) is 7.89. The zero-order valence-corrected chi connectivity index (χ0v) is 13.0. The average Bonchev–Trinajstić information content (AvgIpc) is 2.48. The molecule has 0 bridgehead atoms. The highest BCUT2D eigenvalue weighted by molar-refractivity contribution is 5.25. The lowest BCUT2D eigenvalue weighted by Crippen LogP contribution is -2.57. The molecule has 0 aliphatic carbocycles. The van der Waals surface area contributed by atoms with E-state index in [1.165, 1.54) is 18.4 Å². The highest BCUT2D eigenvalue weighted by Crippen LogP contribution is 2.20. The van der Waals surface area contributed by atoms with Crippen molar-refractivity contribution in [1.29, 1.82) is 0 Å². The molecule has 3 heteroatoms. The Labute approximate surface area is 123 Å². The molecule has 1 fully saturated rings. The first-order chi connectivity index (χ1) is 9.63. The van der Waals surface area contributed by atoms with Gasteiger partial charge in [0.15, 0.2) is 0 Å². The Balaban J connectivity index is 2.03. The molecule has 20 heavy (non-hydrogen) atoms. The van der Waals surface area contributed by atoms with Gasteiger partial charge in [0.25, 0.3) is 0 Å². The van der Waals surface area contributed by atoms with Gasteiger partial charge in [-0.25, -0.2) is 0 Å². The summed E-state index contributed by atoms with van der Waals surface area (Å²) in [6.45, 7) is 10.1. The number of rotatable bonds is 5. The van der Waals surface area contributed by atoms with Gasteiger partial charge in [0, 0.05) is 31.7 Å². The molecule has 3 nitrogen and oxygen atoms in total. The highest BCUT2D eigenvalue weighted by Gasteiger charge is 2.28. The third kappa shape index (κ3) is 3.74. The van der Waals surface area contributed by atoms with E-state index >= 15 is 0 Å². The van der Waals surface area contributed by atoms with Crippen molar-refractivity contribution in [2.24, 2.45) is 5.92 Å². The van der Waals surface area contributed by atoms with Crippen LogP contribution >= 0.6 is 0 Å². The van der Waals surface area contributed by atoms with Crippen molar-refractivity contribution in [3.8, 4) is 5.75 Å². The number of nitrogens with zero attached hydrogens (tertiary/aromatic N) is 1. The molecular formula is C17H28N2O. The summed E-state index contributed by atoms with van der Waals surface area (Å²) in [5.74, 6) is 1.06. The maximum absolute atomic E-state index is 9.38. The number of hydrogen-bond acceptors (Lipinski definition) is 3. The van der Waals surface area contributed by atoms with Gasteiger partial charge in [-0.15, -0.1) is 0 Å². The number of phenols is 1. The topological polar surface area (TPSA) is 35.5 Å². The Hall–Kier alpha value is -1.06. The van der Waals surface area contributed by atoms with Crippen LogP contribution in [0.2, 0.25) is 0 Å². The maximum atomic E-state index is 9.38. The van der Waals surface area contributed by atoms with Crippen molar-refractivity contribution in [3.05, 3.63) is 29.8 Å². The Morgan fingerprint density at radius 2 is 2.00 bits per heavy atom. The highest BCUT2D eigenvalue weighted by atomic mass is 16.3. The Morgan fingerprint density at radius 3 is 2.60 bits per heavy atom. The molecule has 1 aromatic rings. The second kappa shape index (κ2) is 7.09. The fraction of sp³-hybridized carbons (Fsp3) is 0.647. The van der Waals surface area contributed by atoms with E-state index in [1.54, 1.807) is 12.1 Å². The minimum absolute atomic E-state index is 0.346. The van der Waals surface area contributed by atoms with E-state index in [9.17, 15) is 5.11 Å². The van der Waals surface area contributed by atoms with E-state index in [1.807, 2.05) is 12.1 Å². The van der Waals surface area contributed by atoms with Crippen LogP contribution in [0.3, 0.4) is 0 Å². The van der Waals surface area contributed by atoms with E-state index in [4.69, 9.17) is 0 Å². The Morgan fingerprint density at radius 1 is 1.30 bits per heavy atom. The monoisotopic (exact) mass is 276 g/mol. The summed E-state index contributed by atoms with van der Waals surface area (Å²) in [5.41, 5.74) is 1.28. The molecular weight excluding hydrogens is 248 g/mol. The summed E-state index contributed by atoms with van der Waals surface area (Å²) < 4.78 is 0. The molecule has 3 atom stereocenters. The van der Waals surface area contributed by atoms with Gasteiger partial charge in [-0.05, 0) is 30.0 Å². The first kappa shape index (κ1) is 15.3. The quantitative estimate of drug-likeness (QED) is 0.868. The number of nitrogens with one attached hydrogen (secondary N) is 1. The van der Waals surface area contributed by atoms with E-state index in [0.717, 1.165) is 25.6 Å². The van der Waals surface area contributed by atoms with Crippen molar-refractivity contribution < 1.29 is 5.11 Å².